The van der Waals surface area contributed by atoms with Crippen LogP contribution in [0.4, 0.5) is 23.2 Å². The van der Waals surface area contributed by atoms with Crippen LogP contribution in [0.3, 0.4) is 0 Å². The Morgan fingerprint density at radius 1 is 1.12 bits per heavy atom. The Morgan fingerprint density at radius 2 is 1.88 bits per heavy atom. The van der Waals surface area contributed by atoms with Gasteiger partial charge in [0.15, 0.2) is 11.5 Å². The minimum atomic E-state index is -4.51. The molecule has 9 heteroatoms. The fourth-order valence-electron chi connectivity index (χ4n) is 3.49. The molecular formula is C23H16F4N2O3. The van der Waals surface area contributed by atoms with Gasteiger partial charge < -0.3 is 10.1 Å². The van der Waals surface area contributed by atoms with E-state index in [-0.39, 0.29) is 35.8 Å². The average molecular weight is 444 g/mol. The second-order valence-electron chi connectivity index (χ2n) is 7.21. The maximum Gasteiger partial charge on any atom is 0.416 e. The largest absolute Gasteiger partial charge is 0.423 e. The van der Waals surface area contributed by atoms with Crippen molar-refractivity contribution in [1.29, 1.82) is 0 Å². The summed E-state index contributed by atoms with van der Waals surface area (Å²) >= 11 is 0. The van der Waals surface area contributed by atoms with Gasteiger partial charge in [-0.05, 0) is 48.0 Å². The molecule has 0 radical (unpaired) electrons. The number of nitrogens with one attached hydrogen (secondary N) is 1. The number of fused-ring (bicyclic) bond motifs is 1. The number of ether oxygens (including phenoxy) is 1. The monoisotopic (exact) mass is 444 g/mol. The molecule has 3 aromatic rings. The second kappa shape index (κ2) is 8.41. The number of Topliss-reactive ketones (excluding diaryl/α,β-unsaturated/α-hetero) is 1. The molecule has 2 heterocycles. The number of nitrogens with zero attached hydrogens (tertiary/aromatic N) is 1. The zero-order valence-corrected chi connectivity index (χ0v) is 16.4. The average Bonchev–Trinajstić information content (AvgIpc) is 2.77. The SMILES string of the molecule is O=C1CNc2cc(C(=O)C[C@@H](c3ccc(C(F)(F)F)cc3)c3ncccc3F)ccc2O1. The fraction of sp³-hybridized carbons (Fsp3) is 0.174. The van der Waals surface area contributed by atoms with Gasteiger partial charge in [0.25, 0.3) is 0 Å². The standard InChI is InChI=1S/C23H16F4N2O3/c24-17-2-1-9-28-22(17)16(13-3-6-15(7-4-13)23(25,26)27)11-19(30)14-5-8-20-18(10-14)29-12-21(31)32-20/h1-10,16,29H,11-12H2/t16-/m0/s1. The Balaban J connectivity index is 1.66. The number of hydrogen-bond acceptors (Lipinski definition) is 5. The van der Waals surface area contributed by atoms with Crippen molar-refractivity contribution in [1.82, 2.24) is 4.98 Å². The lowest BCUT2D eigenvalue weighted by Gasteiger charge is -2.20. The molecule has 0 amide bonds. The van der Waals surface area contributed by atoms with Crippen molar-refractivity contribution in [2.75, 3.05) is 11.9 Å². The lowest BCUT2D eigenvalue weighted by Crippen LogP contribution is -2.25. The molecule has 164 valence electrons. The number of rotatable bonds is 5. The molecule has 1 aliphatic rings. The highest BCUT2D eigenvalue weighted by atomic mass is 19.4. The summed E-state index contributed by atoms with van der Waals surface area (Å²) in [5.74, 6) is -2.10. The molecule has 1 aliphatic heterocycles. The molecule has 0 saturated heterocycles. The highest BCUT2D eigenvalue weighted by Gasteiger charge is 2.31. The fourth-order valence-corrected chi connectivity index (χ4v) is 3.49. The first-order chi connectivity index (χ1) is 15.2. The van der Waals surface area contributed by atoms with Crippen LogP contribution in [0.5, 0.6) is 5.75 Å². The lowest BCUT2D eigenvalue weighted by molar-refractivity contribution is -0.137. The quantitative estimate of drug-likeness (QED) is 0.260. The van der Waals surface area contributed by atoms with Crippen LogP contribution < -0.4 is 10.1 Å². The van der Waals surface area contributed by atoms with E-state index in [1.165, 1.54) is 48.7 Å². The third kappa shape index (κ3) is 4.46. The third-order valence-electron chi connectivity index (χ3n) is 5.10. The van der Waals surface area contributed by atoms with E-state index >= 15 is 0 Å². The number of aromatic nitrogens is 1. The topological polar surface area (TPSA) is 68.3 Å². The molecule has 5 nitrogen and oxygen atoms in total. The van der Waals surface area contributed by atoms with E-state index in [1.54, 1.807) is 0 Å². The normalized spacial score (nSPS) is 14.2. The minimum Gasteiger partial charge on any atom is -0.423 e. The summed E-state index contributed by atoms with van der Waals surface area (Å²) in [5.41, 5.74) is 0.190. The number of ketones is 1. The Morgan fingerprint density at radius 3 is 2.56 bits per heavy atom. The van der Waals surface area contributed by atoms with Crippen molar-refractivity contribution in [2.24, 2.45) is 0 Å². The molecule has 0 saturated carbocycles. The summed E-state index contributed by atoms with van der Waals surface area (Å²) in [4.78, 5) is 28.4. The highest BCUT2D eigenvalue weighted by Crippen LogP contribution is 2.35. The van der Waals surface area contributed by atoms with Gasteiger partial charge in [-0.15, -0.1) is 0 Å². The number of anilines is 1. The van der Waals surface area contributed by atoms with Crippen LogP contribution in [-0.2, 0) is 11.0 Å². The molecule has 0 spiro atoms. The Kier molecular flexibility index (Phi) is 5.65. The number of esters is 1. The van der Waals surface area contributed by atoms with Crippen molar-refractivity contribution in [2.45, 2.75) is 18.5 Å². The number of carbonyl (C=O) groups excluding carboxylic acids is 2. The number of hydrogen-bond donors (Lipinski definition) is 1. The van der Waals surface area contributed by atoms with E-state index in [2.05, 4.69) is 10.3 Å². The van der Waals surface area contributed by atoms with E-state index in [0.29, 0.717) is 11.3 Å². The van der Waals surface area contributed by atoms with Gasteiger partial charge in [0.05, 0.1) is 16.9 Å². The van der Waals surface area contributed by atoms with E-state index in [4.69, 9.17) is 4.74 Å². The molecule has 1 aromatic heterocycles. The molecule has 4 rings (SSSR count). The van der Waals surface area contributed by atoms with Gasteiger partial charge in [-0.3, -0.25) is 9.78 Å². The smallest absolute Gasteiger partial charge is 0.416 e. The summed E-state index contributed by atoms with van der Waals surface area (Å²) in [7, 11) is 0. The van der Waals surface area contributed by atoms with Crippen LogP contribution in [0.15, 0.2) is 60.8 Å². The molecule has 0 fully saturated rings. The van der Waals surface area contributed by atoms with Crippen LogP contribution in [-0.4, -0.2) is 23.3 Å². The number of pyridine rings is 1. The maximum absolute atomic E-state index is 14.5. The number of halogens is 4. The Labute approximate surface area is 180 Å². The predicted octanol–water partition coefficient (Wildman–Crippen LogP) is 4.98. The summed E-state index contributed by atoms with van der Waals surface area (Å²) < 4.78 is 58.4. The van der Waals surface area contributed by atoms with Crippen LogP contribution in [0.25, 0.3) is 0 Å². The van der Waals surface area contributed by atoms with Crippen molar-refractivity contribution >= 4 is 17.4 Å². The van der Waals surface area contributed by atoms with Gasteiger partial charge in [-0.25, -0.2) is 9.18 Å². The first kappa shape index (κ1) is 21.5. The van der Waals surface area contributed by atoms with Crippen molar-refractivity contribution in [3.05, 3.63) is 89.0 Å². The van der Waals surface area contributed by atoms with E-state index in [9.17, 15) is 27.2 Å². The molecule has 0 aliphatic carbocycles. The number of carbonyl (C=O) groups is 2. The molecule has 0 bridgehead atoms. The van der Waals surface area contributed by atoms with Crippen molar-refractivity contribution < 1.29 is 31.9 Å². The van der Waals surface area contributed by atoms with E-state index in [1.807, 2.05) is 0 Å². The summed E-state index contributed by atoms with van der Waals surface area (Å²) in [6.07, 6.45) is -3.38. The number of benzene rings is 2. The van der Waals surface area contributed by atoms with E-state index in [0.717, 1.165) is 12.1 Å². The molecule has 1 atom stereocenters. The van der Waals surface area contributed by atoms with Gasteiger partial charge in [0, 0.05) is 24.1 Å². The molecule has 0 unspecified atom stereocenters. The van der Waals surface area contributed by atoms with Crippen LogP contribution >= 0.6 is 0 Å². The molecule has 1 N–H and O–H groups in total. The van der Waals surface area contributed by atoms with Gasteiger partial charge in [-0.1, -0.05) is 12.1 Å². The lowest BCUT2D eigenvalue weighted by atomic mass is 9.87. The zero-order chi connectivity index (χ0) is 22.9. The first-order valence-electron chi connectivity index (χ1n) is 9.62. The van der Waals surface area contributed by atoms with Crippen molar-refractivity contribution in [3.63, 3.8) is 0 Å². The highest BCUT2D eigenvalue weighted by molar-refractivity contribution is 5.98. The van der Waals surface area contributed by atoms with Crippen molar-refractivity contribution in [3.8, 4) is 5.75 Å². The molecule has 32 heavy (non-hydrogen) atoms. The maximum atomic E-state index is 14.5. The predicted molar refractivity (Wildman–Crippen MR) is 107 cm³/mol. The van der Waals surface area contributed by atoms with Crippen LogP contribution in [0.1, 0.15) is 39.5 Å². The third-order valence-corrected chi connectivity index (χ3v) is 5.10. The summed E-state index contributed by atoms with van der Waals surface area (Å²) in [6.45, 7) is -0.0437. The summed E-state index contributed by atoms with van der Waals surface area (Å²) in [5, 5.41) is 2.85. The van der Waals surface area contributed by atoms with Crippen LogP contribution in [0, 0.1) is 5.82 Å². The Hall–Kier alpha value is -3.75. The second-order valence-corrected chi connectivity index (χ2v) is 7.21. The summed E-state index contributed by atoms with van der Waals surface area (Å²) in [6, 6.07) is 11.3. The zero-order valence-electron chi connectivity index (χ0n) is 16.4. The molecular weight excluding hydrogens is 428 g/mol. The van der Waals surface area contributed by atoms with Gasteiger partial charge in [0.2, 0.25) is 0 Å². The minimum absolute atomic E-state index is 0.0365. The first-order valence-corrected chi connectivity index (χ1v) is 9.62. The van der Waals surface area contributed by atoms with Gasteiger partial charge in [-0.2, -0.15) is 13.2 Å². The van der Waals surface area contributed by atoms with E-state index < -0.39 is 29.4 Å². The van der Waals surface area contributed by atoms with Crippen LogP contribution in [0.2, 0.25) is 0 Å². The Bertz CT molecular complexity index is 1180. The molecule has 2 aromatic carbocycles. The number of alkyl halides is 3. The van der Waals surface area contributed by atoms with Gasteiger partial charge in [0.1, 0.15) is 12.4 Å². The van der Waals surface area contributed by atoms with Gasteiger partial charge >= 0.3 is 12.1 Å².